The molecule has 1 N–H and O–H groups in total. The van der Waals surface area contributed by atoms with Gasteiger partial charge in [-0.2, -0.15) is 0 Å². The van der Waals surface area contributed by atoms with Gasteiger partial charge in [-0.25, -0.2) is 9.59 Å². The number of rotatable bonds is 5. The Morgan fingerprint density at radius 3 is 2.50 bits per heavy atom. The van der Waals surface area contributed by atoms with Gasteiger partial charge in [0.2, 0.25) is 6.23 Å². The smallest absolute Gasteiger partial charge is 0.339 e. The molecular formula is C30H21NO7. The van der Waals surface area contributed by atoms with Gasteiger partial charge in [0, 0.05) is 23.6 Å². The Balaban J connectivity index is 1.46. The lowest BCUT2D eigenvalue weighted by Crippen LogP contribution is -2.34. The molecule has 8 nitrogen and oxygen atoms in total. The lowest BCUT2D eigenvalue weighted by atomic mass is 9.97. The van der Waals surface area contributed by atoms with Crippen LogP contribution in [0.5, 0.6) is 11.5 Å². The van der Waals surface area contributed by atoms with Crippen LogP contribution in [0.25, 0.3) is 22.3 Å². The Kier molecular flexibility index (Phi) is 5.76. The van der Waals surface area contributed by atoms with E-state index in [9.17, 15) is 14.4 Å². The van der Waals surface area contributed by atoms with E-state index in [4.69, 9.17) is 18.3 Å². The van der Waals surface area contributed by atoms with E-state index >= 15 is 0 Å². The van der Waals surface area contributed by atoms with E-state index in [-0.39, 0.29) is 17.9 Å². The molecular weight excluding hydrogens is 486 g/mol. The van der Waals surface area contributed by atoms with E-state index in [0.717, 1.165) is 0 Å². The van der Waals surface area contributed by atoms with Gasteiger partial charge in [0.25, 0.3) is 5.91 Å². The zero-order valence-corrected chi connectivity index (χ0v) is 20.2. The van der Waals surface area contributed by atoms with E-state index in [1.165, 1.54) is 13.2 Å². The molecule has 2 aromatic heterocycles. The number of hydrogen-bond acceptors (Lipinski definition) is 7. The van der Waals surface area contributed by atoms with Crippen molar-refractivity contribution in [3.05, 3.63) is 128 Å². The van der Waals surface area contributed by atoms with Crippen LogP contribution in [0.4, 0.5) is 0 Å². The van der Waals surface area contributed by atoms with Crippen molar-refractivity contribution in [2.24, 2.45) is 0 Å². The third-order valence-corrected chi connectivity index (χ3v) is 6.42. The molecule has 3 heterocycles. The van der Waals surface area contributed by atoms with Crippen LogP contribution < -0.4 is 26.0 Å². The predicted octanol–water partition coefficient (Wildman–Crippen LogP) is 4.83. The third kappa shape index (κ3) is 4.12. The van der Waals surface area contributed by atoms with Crippen LogP contribution in [0.3, 0.4) is 0 Å². The molecule has 38 heavy (non-hydrogen) atoms. The topological polar surface area (TPSA) is 108 Å². The number of amides is 1. The maximum atomic E-state index is 13.2. The zero-order valence-electron chi connectivity index (χ0n) is 20.2. The lowest BCUT2D eigenvalue weighted by Gasteiger charge is -2.28. The minimum atomic E-state index is -0.914. The molecule has 1 aliphatic rings. The Morgan fingerprint density at radius 2 is 1.68 bits per heavy atom. The fourth-order valence-electron chi connectivity index (χ4n) is 4.68. The summed E-state index contributed by atoms with van der Waals surface area (Å²) in [7, 11) is 1.52. The SMILES string of the molecule is COc1cccc2oc(=O)cc(Cc3cc4c(oc3=O)-c3ccccc3OC4NC(=O)c3ccccc3)c12. The summed E-state index contributed by atoms with van der Waals surface area (Å²) in [6, 6.07) is 24.0. The number of hydrogen-bond donors (Lipinski definition) is 1. The Hall–Kier alpha value is -5.11. The molecule has 6 rings (SSSR count). The van der Waals surface area contributed by atoms with E-state index < -0.39 is 17.5 Å². The summed E-state index contributed by atoms with van der Waals surface area (Å²) in [5.74, 6) is 0.957. The van der Waals surface area contributed by atoms with Crippen molar-refractivity contribution in [2.75, 3.05) is 7.11 Å². The highest BCUT2D eigenvalue weighted by Crippen LogP contribution is 2.41. The van der Waals surface area contributed by atoms with Crippen LogP contribution >= 0.6 is 0 Å². The molecule has 1 atom stereocenters. The van der Waals surface area contributed by atoms with Crippen molar-refractivity contribution < 1.29 is 23.1 Å². The molecule has 0 radical (unpaired) electrons. The Bertz CT molecular complexity index is 1800. The molecule has 1 amide bonds. The minimum Gasteiger partial charge on any atom is -0.496 e. The minimum absolute atomic E-state index is 0.0685. The number of ether oxygens (including phenoxy) is 2. The van der Waals surface area contributed by atoms with Gasteiger partial charge in [-0.05, 0) is 48.0 Å². The highest BCUT2D eigenvalue weighted by molar-refractivity contribution is 5.94. The van der Waals surface area contributed by atoms with Crippen molar-refractivity contribution in [2.45, 2.75) is 12.6 Å². The molecule has 1 aliphatic heterocycles. The van der Waals surface area contributed by atoms with Gasteiger partial charge in [0.15, 0.2) is 5.76 Å². The van der Waals surface area contributed by atoms with Crippen LogP contribution in [0.2, 0.25) is 0 Å². The Morgan fingerprint density at radius 1 is 0.895 bits per heavy atom. The molecule has 188 valence electrons. The van der Waals surface area contributed by atoms with Crippen LogP contribution in [-0.2, 0) is 6.42 Å². The van der Waals surface area contributed by atoms with Gasteiger partial charge in [-0.1, -0.05) is 36.4 Å². The van der Waals surface area contributed by atoms with Gasteiger partial charge >= 0.3 is 11.3 Å². The first kappa shape index (κ1) is 23.3. The van der Waals surface area contributed by atoms with Gasteiger partial charge < -0.3 is 23.6 Å². The van der Waals surface area contributed by atoms with Gasteiger partial charge in [-0.3, -0.25) is 4.79 Å². The second-order valence-electron chi connectivity index (χ2n) is 8.78. The quantitative estimate of drug-likeness (QED) is 0.339. The lowest BCUT2D eigenvalue weighted by molar-refractivity contribution is 0.0819. The number of benzene rings is 3. The number of methoxy groups -OCH3 is 1. The van der Waals surface area contributed by atoms with Crippen LogP contribution in [0.15, 0.2) is 103 Å². The highest BCUT2D eigenvalue weighted by atomic mass is 16.5. The molecule has 0 fully saturated rings. The molecule has 0 aliphatic carbocycles. The maximum absolute atomic E-state index is 13.2. The number of carbonyl (C=O) groups is 1. The van der Waals surface area contributed by atoms with E-state index in [1.54, 1.807) is 66.7 Å². The summed E-state index contributed by atoms with van der Waals surface area (Å²) < 4.78 is 22.8. The van der Waals surface area contributed by atoms with Crippen molar-refractivity contribution in [3.8, 4) is 22.8 Å². The van der Waals surface area contributed by atoms with Gasteiger partial charge in [-0.15, -0.1) is 0 Å². The third-order valence-electron chi connectivity index (χ3n) is 6.42. The molecule has 0 saturated carbocycles. The molecule has 3 aromatic carbocycles. The van der Waals surface area contributed by atoms with Gasteiger partial charge in [0.05, 0.1) is 23.6 Å². The first-order valence-electron chi connectivity index (χ1n) is 11.9. The average molecular weight is 507 g/mol. The maximum Gasteiger partial charge on any atom is 0.339 e. The highest BCUT2D eigenvalue weighted by Gasteiger charge is 2.31. The summed E-state index contributed by atoms with van der Waals surface area (Å²) in [5, 5.41) is 3.48. The largest absolute Gasteiger partial charge is 0.496 e. The number of nitrogens with one attached hydrogen (secondary N) is 1. The van der Waals surface area contributed by atoms with E-state index in [0.29, 0.717) is 50.5 Å². The molecule has 0 spiro atoms. The molecule has 1 unspecified atom stereocenters. The average Bonchev–Trinajstić information content (AvgIpc) is 2.93. The second-order valence-corrected chi connectivity index (χ2v) is 8.78. The predicted molar refractivity (Wildman–Crippen MR) is 140 cm³/mol. The van der Waals surface area contributed by atoms with Crippen LogP contribution in [0, 0.1) is 0 Å². The second kappa shape index (κ2) is 9.40. The van der Waals surface area contributed by atoms with Crippen molar-refractivity contribution in [3.63, 3.8) is 0 Å². The molecule has 0 bridgehead atoms. The fraction of sp³-hybridized carbons (Fsp3) is 0.100. The first-order chi connectivity index (χ1) is 18.5. The molecule has 0 saturated heterocycles. The van der Waals surface area contributed by atoms with Gasteiger partial charge in [0.1, 0.15) is 17.1 Å². The standard InChI is InChI=1S/C30H21NO7/c1-35-23-12-7-13-24-26(23)18(16-25(32)36-24)14-19-15-21-27(38-30(19)34)20-10-5-6-11-22(20)37-29(21)31-28(33)17-8-3-2-4-9-17/h2-13,15-16,29H,14H2,1H3,(H,31,33). The first-order valence-corrected chi connectivity index (χ1v) is 11.9. The molecule has 8 heteroatoms. The van der Waals surface area contributed by atoms with E-state index in [2.05, 4.69) is 5.32 Å². The summed E-state index contributed by atoms with van der Waals surface area (Å²) >= 11 is 0. The van der Waals surface area contributed by atoms with Crippen LogP contribution in [0.1, 0.15) is 33.3 Å². The summed E-state index contributed by atoms with van der Waals surface area (Å²) in [4.78, 5) is 38.5. The van der Waals surface area contributed by atoms with Crippen molar-refractivity contribution in [1.82, 2.24) is 5.32 Å². The normalized spacial score (nSPS) is 13.8. The van der Waals surface area contributed by atoms with E-state index in [1.807, 2.05) is 12.1 Å². The fourth-order valence-corrected chi connectivity index (χ4v) is 4.68. The molecule has 5 aromatic rings. The summed E-state index contributed by atoms with van der Waals surface area (Å²) in [6.07, 6.45) is -0.846. The summed E-state index contributed by atoms with van der Waals surface area (Å²) in [5.41, 5.74) is 1.61. The van der Waals surface area contributed by atoms with Crippen LogP contribution in [-0.4, -0.2) is 13.0 Å². The number of carbonyl (C=O) groups excluding carboxylic acids is 1. The van der Waals surface area contributed by atoms with Crippen molar-refractivity contribution >= 4 is 16.9 Å². The van der Waals surface area contributed by atoms with Crippen molar-refractivity contribution in [1.29, 1.82) is 0 Å². The number of para-hydroxylation sites is 1. The monoisotopic (exact) mass is 507 g/mol. The summed E-state index contributed by atoms with van der Waals surface area (Å²) in [6.45, 7) is 0. The zero-order chi connectivity index (χ0) is 26.2. The Labute approximate surface area is 216 Å². The number of fused-ring (bicyclic) bond motifs is 4.